The topological polar surface area (TPSA) is 87.0 Å². The molecule has 5 heteroatoms. The van der Waals surface area contributed by atoms with Crippen LogP contribution >= 0.6 is 0 Å². The lowest BCUT2D eigenvalue weighted by Gasteiger charge is -2.02. The van der Waals surface area contributed by atoms with Crippen LogP contribution in [0.2, 0.25) is 0 Å². The van der Waals surface area contributed by atoms with E-state index in [1.165, 1.54) is 13.3 Å². The molecule has 0 fully saturated rings. The van der Waals surface area contributed by atoms with Crippen LogP contribution in [0.15, 0.2) is 6.20 Å². The van der Waals surface area contributed by atoms with Gasteiger partial charge in [-0.2, -0.15) is 5.10 Å². The van der Waals surface area contributed by atoms with Gasteiger partial charge in [-0.05, 0) is 0 Å². The van der Waals surface area contributed by atoms with Crippen LogP contribution in [0.1, 0.15) is 0 Å². The van der Waals surface area contributed by atoms with E-state index in [4.69, 9.17) is 16.2 Å². The number of aromatic nitrogens is 2. The number of nitrogen functional groups attached to an aromatic ring is 2. The Morgan fingerprint density at radius 2 is 2.20 bits per heavy atom. The van der Waals surface area contributed by atoms with E-state index in [0.29, 0.717) is 11.4 Å². The van der Waals surface area contributed by atoms with E-state index in [1.807, 2.05) is 0 Å². The highest BCUT2D eigenvalue weighted by molar-refractivity contribution is 5.66. The average Bonchev–Trinajstić information content (AvgIpc) is 1.95. The summed E-state index contributed by atoms with van der Waals surface area (Å²) in [5.74, 6) is 0.264. The largest absolute Gasteiger partial charge is 0.478 e. The molecule has 5 nitrogen and oxygen atoms in total. The van der Waals surface area contributed by atoms with Crippen LogP contribution in [0.4, 0.5) is 11.4 Å². The molecule has 4 N–H and O–H groups in total. The van der Waals surface area contributed by atoms with E-state index in [1.54, 1.807) is 0 Å². The zero-order chi connectivity index (χ0) is 7.56. The first-order valence-corrected chi connectivity index (χ1v) is 2.66. The molecule has 0 aromatic carbocycles. The minimum atomic E-state index is 0.264. The molecule has 0 aliphatic carbocycles. The summed E-state index contributed by atoms with van der Waals surface area (Å²) in [5, 5.41) is 7.12. The first kappa shape index (κ1) is 6.60. The molecule has 0 atom stereocenters. The van der Waals surface area contributed by atoms with Gasteiger partial charge in [0.25, 0.3) is 5.88 Å². The second-order valence-corrected chi connectivity index (χ2v) is 1.72. The lowest BCUT2D eigenvalue weighted by atomic mass is 10.4. The molecular formula is C5H8N4O. The van der Waals surface area contributed by atoms with Gasteiger partial charge < -0.3 is 16.2 Å². The van der Waals surface area contributed by atoms with Gasteiger partial charge in [-0.1, -0.05) is 0 Å². The molecule has 0 aliphatic rings. The number of rotatable bonds is 1. The second-order valence-electron chi connectivity index (χ2n) is 1.72. The molecule has 0 saturated carbocycles. The van der Waals surface area contributed by atoms with Crippen LogP contribution in [-0.4, -0.2) is 17.3 Å². The van der Waals surface area contributed by atoms with Gasteiger partial charge in [0, 0.05) is 0 Å². The Hall–Kier alpha value is -1.52. The van der Waals surface area contributed by atoms with Crippen LogP contribution < -0.4 is 16.2 Å². The van der Waals surface area contributed by atoms with Crippen molar-refractivity contribution in [2.75, 3.05) is 18.6 Å². The number of hydrogen-bond donors (Lipinski definition) is 2. The van der Waals surface area contributed by atoms with E-state index in [9.17, 15) is 0 Å². The molecule has 1 rings (SSSR count). The number of methoxy groups -OCH3 is 1. The average molecular weight is 140 g/mol. The molecule has 10 heavy (non-hydrogen) atoms. The highest BCUT2D eigenvalue weighted by atomic mass is 16.5. The van der Waals surface area contributed by atoms with Gasteiger partial charge in [-0.3, -0.25) is 0 Å². The molecule has 54 valence electrons. The first-order valence-electron chi connectivity index (χ1n) is 2.66. The molecule has 1 aromatic heterocycles. The number of ether oxygens (including phenoxy) is 1. The van der Waals surface area contributed by atoms with Crippen LogP contribution in [-0.2, 0) is 0 Å². The lowest BCUT2D eigenvalue weighted by Crippen LogP contribution is -2.01. The van der Waals surface area contributed by atoms with Gasteiger partial charge in [0.15, 0.2) is 0 Å². The molecule has 0 bridgehead atoms. The second kappa shape index (κ2) is 2.38. The van der Waals surface area contributed by atoms with Crippen molar-refractivity contribution in [3.8, 4) is 5.88 Å². The van der Waals surface area contributed by atoms with Crippen molar-refractivity contribution < 1.29 is 4.74 Å². The number of nitrogens with zero attached hydrogens (tertiary/aromatic N) is 2. The number of nitrogens with two attached hydrogens (primary N) is 2. The number of hydrogen-bond acceptors (Lipinski definition) is 5. The van der Waals surface area contributed by atoms with Crippen LogP contribution in [0.25, 0.3) is 0 Å². The van der Waals surface area contributed by atoms with Crippen molar-refractivity contribution in [2.24, 2.45) is 0 Å². The Bertz CT molecular complexity index is 237. The van der Waals surface area contributed by atoms with Crippen molar-refractivity contribution in [1.29, 1.82) is 0 Å². The van der Waals surface area contributed by atoms with E-state index >= 15 is 0 Å². The van der Waals surface area contributed by atoms with E-state index in [-0.39, 0.29) is 5.88 Å². The molecule has 0 aliphatic heterocycles. The zero-order valence-corrected chi connectivity index (χ0v) is 5.53. The summed E-state index contributed by atoms with van der Waals surface area (Å²) in [5.41, 5.74) is 11.5. The lowest BCUT2D eigenvalue weighted by molar-refractivity contribution is 0.395. The summed E-state index contributed by atoms with van der Waals surface area (Å²) >= 11 is 0. The standard InChI is InChI=1S/C5H8N4O/c1-10-5-4(7)3(6)2-8-9-5/h2H,1H3,(H2,6,9)(H2,7,8). The summed E-state index contributed by atoms with van der Waals surface area (Å²) in [6, 6.07) is 0. The van der Waals surface area contributed by atoms with E-state index < -0.39 is 0 Å². The summed E-state index contributed by atoms with van der Waals surface area (Å²) in [6.45, 7) is 0. The third-order valence-electron chi connectivity index (χ3n) is 1.08. The monoisotopic (exact) mass is 140 g/mol. The van der Waals surface area contributed by atoms with Gasteiger partial charge in [0.2, 0.25) is 0 Å². The molecule has 0 saturated heterocycles. The first-order chi connectivity index (χ1) is 4.75. The van der Waals surface area contributed by atoms with E-state index in [0.717, 1.165) is 0 Å². The van der Waals surface area contributed by atoms with Gasteiger partial charge in [-0.25, -0.2) is 0 Å². The Balaban J connectivity index is 3.14. The maximum atomic E-state index is 5.44. The van der Waals surface area contributed by atoms with Crippen LogP contribution in [0, 0.1) is 0 Å². The van der Waals surface area contributed by atoms with Gasteiger partial charge >= 0.3 is 0 Å². The fraction of sp³-hybridized carbons (Fsp3) is 0.200. The Morgan fingerprint density at radius 1 is 1.50 bits per heavy atom. The van der Waals surface area contributed by atoms with Gasteiger partial charge in [0.1, 0.15) is 5.69 Å². The molecule has 0 unspecified atom stereocenters. The third-order valence-corrected chi connectivity index (χ3v) is 1.08. The van der Waals surface area contributed by atoms with Gasteiger partial charge in [0.05, 0.1) is 19.0 Å². The highest BCUT2D eigenvalue weighted by Crippen LogP contribution is 2.21. The summed E-state index contributed by atoms with van der Waals surface area (Å²) in [6.07, 6.45) is 1.37. The Kier molecular flexibility index (Phi) is 1.57. The van der Waals surface area contributed by atoms with Crippen molar-refractivity contribution in [1.82, 2.24) is 10.2 Å². The van der Waals surface area contributed by atoms with Crippen molar-refractivity contribution >= 4 is 11.4 Å². The minimum Gasteiger partial charge on any atom is -0.478 e. The molecule has 0 radical (unpaired) electrons. The minimum absolute atomic E-state index is 0.264. The summed E-state index contributed by atoms with van der Waals surface area (Å²) in [4.78, 5) is 0. The van der Waals surface area contributed by atoms with Crippen molar-refractivity contribution in [2.45, 2.75) is 0 Å². The maximum absolute atomic E-state index is 5.44. The van der Waals surface area contributed by atoms with Gasteiger partial charge in [-0.15, -0.1) is 5.10 Å². The maximum Gasteiger partial charge on any atom is 0.258 e. The molecule has 1 aromatic rings. The zero-order valence-electron chi connectivity index (χ0n) is 5.53. The summed E-state index contributed by atoms with van der Waals surface area (Å²) < 4.78 is 4.75. The smallest absolute Gasteiger partial charge is 0.258 e. The Labute approximate surface area is 58.0 Å². The number of anilines is 2. The summed E-state index contributed by atoms with van der Waals surface area (Å²) in [7, 11) is 1.46. The fourth-order valence-electron chi connectivity index (χ4n) is 0.541. The van der Waals surface area contributed by atoms with Crippen molar-refractivity contribution in [3.63, 3.8) is 0 Å². The molecule has 1 heterocycles. The highest BCUT2D eigenvalue weighted by Gasteiger charge is 2.02. The molecular weight excluding hydrogens is 132 g/mol. The Morgan fingerprint density at radius 3 is 2.70 bits per heavy atom. The SMILES string of the molecule is COc1nncc(N)c1N. The van der Waals surface area contributed by atoms with Crippen molar-refractivity contribution in [3.05, 3.63) is 6.20 Å². The third kappa shape index (κ3) is 0.928. The normalized spacial score (nSPS) is 9.30. The van der Waals surface area contributed by atoms with Crippen LogP contribution in [0.5, 0.6) is 5.88 Å². The quantitative estimate of drug-likeness (QED) is 0.556. The predicted octanol–water partition coefficient (Wildman–Crippen LogP) is -0.350. The predicted molar refractivity (Wildman–Crippen MR) is 37.4 cm³/mol. The molecule has 0 spiro atoms. The van der Waals surface area contributed by atoms with E-state index in [2.05, 4.69) is 10.2 Å². The molecule has 0 amide bonds. The van der Waals surface area contributed by atoms with Crippen LogP contribution in [0.3, 0.4) is 0 Å². The fourth-order valence-corrected chi connectivity index (χ4v) is 0.541.